The Morgan fingerprint density at radius 2 is 1.89 bits per heavy atom. The average Bonchev–Trinajstić information content (AvgIpc) is 2.68. The van der Waals surface area contributed by atoms with Crippen LogP contribution in [0.25, 0.3) is 0 Å². The predicted octanol–water partition coefficient (Wildman–Crippen LogP) is 2.52. The van der Waals surface area contributed by atoms with Crippen LogP contribution < -0.4 is 10.1 Å². The van der Waals surface area contributed by atoms with Crippen molar-refractivity contribution in [2.75, 3.05) is 13.2 Å². The third kappa shape index (κ3) is 4.81. The number of amides is 1. The van der Waals surface area contributed by atoms with E-state index in [0.29, 0.717) is 12.0 Å². The van der Waals surface area contributed by atoms with Crippen LogP contribution >= 0.6 is 0 Å². The van der Waals surface area contributed by atoms with Gasteiger partial charge in [-0.25, -0.2) is 0 Å². The standard InChI is InChI=1S/C19H20N2O6/c1-2-19(18(23)24,14-7-4-3-5-8-14)13-20-17(22)12-27-16-10-6-9-15(11-16)21(25)26/h3-11H,2,12-13H2,1H3,(H,20,22)(H,23,24). The molecule has 8 heteroatoms. The highest BCUT2D eigenvalue weighted by molar-refractivity contribution is 5.84. The van der Waals surface area contributed by atoms with Gasteiger partial charge >= 0.3 is 5.97 Å². The quantitative estimate of drug-likeness (QED) is 0.516. The van der Waals surface area contributed by atoms with Crippen LogP contribution in [0.2, 0.25) is 0 Å². The lowest BCUT2D eigenvalue weighted by Gasteiger charge is -2.29. The molecule has 0 aliphatic heterocycles. The molecule has 0 aromatic heterocycles. The Kier molecular flexibility index (Phi) is 6.48. The van der Waals surface area contributed by atoms with Crippen LogP contribution in [0.5, 0.6) is 5.75 Å². The number of ether oxygens (including phenoxy) is 1. The van der Waals surface area contributed by atoms with E-state index in [1.807, 2.05) is 0 Å². The SMILES string of the molecule is CCC(CNC(=O)COc1cccc([N+](=O)[O-])c1)(C(=O)O)c1ccccc1. The highest BCUT2D eigenvalue weighted by atomic mass is 16.6. The third-order valence-corrected chi connectivity index (χ3v) is 4.33. The number of aliphatic carboxylic acids is 1. The highest BCUT2D eigenvalue weighted by Crippen LogP contribution is 2.28. The van der Waals surface area contributed by atoms with E-state index in [-0.39, 0.29) is 24.6 Å². The molecule has 2 N–H and O–H groups in total. The summed E-state index contributed by atoms with van der Waals surface area (Å²) < 4.78 is 5.26. The van der Waals surface area contributed by atoms with E-state index in [4.69, 9.17) is 4.74 Å². The zero-order valence-electron chi connectivity index (χ0n) is 14.8. The van der Waals surface area contributed by atoms with Crippen molar-refractivity contribution >= 4 is 17.6 Å². The number of nitrogens with one attached hydrogen (secondary N) is 1. The van der Waals surface area contributed by atoms with Crippen molar-refractivity contribution < 1.29 is 24.4 Å². The number of carboxylic acid groups (broad SMARTS) is 1. The van der Waals surface area contributed by atoms with E-state index in [9.17, 15) is 24.8 Å². The van der Waals surface area contributed by atoms with Gasteiger partial charge in [0.05, 0.1) is 11.0 Å². The van der Waals surface area contributed by atoms with Crippen LogP contribution in [0, 0.1) is 10.1 Å². The number of hydrogen-bond donors (Lipinski definition) is 2. The molecule has 27 heavy (non-hydrogen) atoms. The first-order chi connectivity index (χ1) is 12.9. The second-order valence-corrected chi connectivity index (χ2v) is 5.93. The maximum absolute atomic E-state index is 12.1. The van der Waals surface area contributed by atoms with Crippen molar-refractivity contribution in [3.05, 3.63) is 70.3 Å². The molecule has 0 saturated heterocycles. The summed E-state index contributed by atoms with van der Waals surface area (Å²) in [7, 11) is 0. The van der Waals surface area contributed by atoms with Gasteiger partial charge < -0.3 is 15.2 Å². The van der Waals surface area contributed by atoms with Gasteiger partial charge in [-0.1, -0.05) is 43.3 Å². The minimum Gasteiger partial charge on any atom is -0.484 e. The number of benzene rings is 2. The van der Waals surface area contributed by atoms with Crippen molar-refractivity contribution in [2.24, 2.45) is 0 Å². The Morgan fingerprint density at radius 1 is 1.19 bits per heavy atom. The first-order valence-electron chi connectivity index (χ1n) is 8.32. The van der Waals surface area contributed by atoms with Crippen LogP contribution in [0.1, 0.15) is 18.9 Å². The fraction of sp³-hybridized carbons (Fsp3) is 0.263. The number of nitro benzene ring substituents is 1. The van der Waals surface area contributed by atoms with Crippen molar-refractivity contribution in [3.8, 4) is 5.75 Å². The maximum Gasteiger partial charge on any atom is 0.315 e. The first kappa shape index (κ1) is 19.9. The van der Waals surface area contributed by atoms with Crippen molar-refractivity contribution in [2.45, 2.75) is 18.8 Å². The molecular weight excluding hydrogens is 352 g/mol. The van der Waals surface area contributed by atoms with E-state index >= 15 is 0 Å². The van der Waals surface area contributed by atoms with Gasteiger partial charge in [-0.3, -0.25) is 19.7 Å². The summed E-state index contributed by atoms with van der Waals surface area (Å²) in [4.78, 5) is 34.2. The highest BCUT2D eigenvalue weighted by Gasteiger charge is 2.38. The number of carbonyl (C=O) groups excluding carboxylic acids is 1. The molecule has 142 valence electrons. The summed E-state index contributed by atoms with van der Waals surface area (Å²) in [6.45, 7) is 1.27. The molecule has 1 unspecified atom stereocenters. The first-order valence-corrected chi connectivity index (χ1v) is 8.32. The summed E-state index contributed by atoms with van der Waals surface area (Å²) in [5.41, 5.74) is -0.796. The Balaban J connectivity index is 2.01. The van der Waals surface area contributed by atoms with E-state index in [0.717, 1.165) is 0 Å². The molecular formula is C19H20N2O6. The number of carboxylic acids is 1. The molecule has 0 spiro atoms. The number of rotatable bonds is 9. The fourth-order valence-electron chi connectivity index (χ4n) is 2.67. The van der Waals surface area contributed by atoms with E-state index in [1.54, 1.807) is 37.3 Å². The van der Waals surface area contributed by atoms with E-state index in [1.165, 1.54) is 24.3 Å². The largest absolute Gasteiger partial charge is 0.484 e. The Labute approximate surface area is 155 Å². The van der Waals surface area contributed by atoms with E-state index in [2.05, 4.69) is 5.32 Å². The lowest BCUT2D eigenvalue weighted by atomic mass is 9.78. The molecule has 0 radical (unpaired) electrons. The molecule has 0 heterocycles. The van der Waals surface area contributed by atoms with Crippen LogP contribution in [-0.4, -0.2) is 35.1 Å². The molecule has 1 amide bonds. The number of nitro groups is 1. The van der Waals surface area contributed by atoms with Gasteiger partial charge in [-0.15, -0.1) is 0 Å². The second kappa shape index (κ2) is 8.79. The van der Waals surface area contributed by atoms with Crippen molar-refractivity contribution in [1.29, 1.82) is 0 Å². The molecule has 1 atom stereocenters. The molecule has 0 bridgehead atoms. The maximum atomic E-state index is 12.1. The van der Waals surface area contributed by atoms with Crippen LogP contribution in [-0.2, 0) is 15.0 Å². The van der Waals surface area contributed by atoms with Gasteiger partial charge in [0.1, 0.15) is 11.2 Å². The molecule has 0 aliphatic rings. The van der Waals surface area contributed by atoms with Crippen LogP contribution in [0.3, 0.4) is 0 Å². The summed E-state index contributed by atoms with van der Waals surface area (Å²) in [6, 6.07) is 14.2. The number of nitrogens with zero attached hydrogens (tertiary/aromatic N) is 1. The molecule has 8 nitrogen and oxygen atoms in total. The van der Waals surface area contributed by atoms with Gasteiger partial charge in [-0.05, 0) is 18.1 Å². The number of carbonyl (C=O) groups is 2. The lowest BCUT2D eigenvalue weighted by molar-refractivity contribution is -0.384. The molecule has 0 fully saturated rings. The summed E-state index contributed by atoms with van der Waals surface area (Å²) in [5.74, 6) is -1.37. The summed E-state index contributed by atoms with van der Waals surface area (Å²) in [5, 5.41) is 23.1. The Hall–Kier alpha value is -3.42. The number of non-ortho nitro benzene ring substituents is 1. The third-order valence-electron chi connectivity index (χ3n) is 4.33. The summed E-state index contributed by atoms with van der Waals surface area (Å²) >= 11 is 0. The normalized spacial score (nSPS) is 12.6. The van der Waals surface area contributed by atoms with Gasteiger partial charge in [-0.2, -0.15) is 0 Å². The minimum atomic E-state index is -1.25. The van der Waals surface area contributed by atoms with Gasteiger partial charge in [0.2, 0.25) is 0 Å². The molecule has 2 aromatic carbocycles. The van der Waals surface area contributed by atoms with Gasteiger partial charge in [0.15, 0.2) is 6.61 Å². The van der Waals surface area contributed by atoms with Crippen molar-refractivity contribution in [3.63, 3.8) is 0 Å². The van der Waals surface area contributed by atoms with Crippen molar-refractivity contribution in [1.82, 2.24) is 5.32 Å². The molecule has 0 aliphatic carbocycles. The Bertz CT molecular complexity index is 824. The topological polar surface area (TPSA) is 119 Å². The van der Waals surface area contributed by atoms with Gasteiger partial charge in [0, 0.05) is 12.6 Å². The predicted molar refractivity (Wildman–Crippen MR) is 97.6 cm³/mol. The zero-order chi connectivity index (χ0) is 19.9. The molecule has 2 aromatic rings. The molecule has 2 rings (SSSR count). The minimum absolute atomic E-state index is 0.0972. The smallest absolute Gasteiger partial charge is 0.315 e. The van der Waals surface area contributed by atoms with Crippen LogP contribution in [0.4, 0.5) is 5.69 Å². The Morgan fingerprint density at radius 3 is 2.48 bits per heavy atom. The molecule has 0 saturated carbocycles. The lowest BCUT2D eigenvalue weighted by Crippen LogP contribution is -2.47. The summed E-state index contributed by atoms with van der Waals surface area (Å²) in [6.07, 6.45) is 0.290. The second-order valence-electron chi connectivity index (χ2n) is 5.93. The van der Waals surface area contributed by atoms with Crippen LogP contribution in [0.15, 0.2) is 54.6 Å². The average molecular weight is 372 g/mol. The monoisotopic (exact) mass is 372 g/mol. The number of hydrogen-bond acceptors (Lipinski definition) is 5. The fourth-order valence-corrected chi connectivity index (χ4v) is 2.67. The van der Waals surface area contributed by atoms with Gasteiger partial charge in [0.25, 0.3) is 11.6 Å². The zero-order valence-corrected chi connectivity index (χ0v) is 14.8. The van der Waals surface area contributed by atoms with E-state index < -0.39 is 22.2 Å².